The van der Waals surface area contributed by atoms with Crippen molar-refractivity contribution in [3.8, 4) is 6.07 Å². The van der Waals surface area contributed by atoms with Crippen molar-refractivity contribution in [2.75, 3.05) is 32.7 Å². The van der Waals surface area contributed by atoms with Crippen LogP contribution in [0, 0.1) is 17.1 Å². The highest BCUT2D eigenvalue weighted by molar-refractivity contribution is 6.31. The molecule has 0 radical (unpaired) electrons. The van der Waals surface area contributed by atoms with Crippen LogP contribution in [-0.2, 0) is 0 Å². The maximum Gasteiger partial charge on any atom is 0.256 e. The normalized spacial score (nSPS) is 15.9. The van der Waals surface area contributed by atoms with E-state index in [2.05, 4.69) is 11.0 Å². The lowest BCUT2D eigenvalue weighted by Crippen LogP contribution is -2.49. The molecule has 1 fully saturated rings. The second-order valence-electron chi connectivity index (χ2n) is 4.67. The van der Waals surface area contributed by atoms with Gasteiger partial charge in [-0.25, -0.2) is 4.39 Å². The highest BCUT2D eigenvalue weighted by Gasteiger charge is 2.23. The molecule has 0 aliphatic carbocycles. The zero-order chi connectivity index (χ0) is 14.5. The number of hydrogen-bond donors (Lipinski definition) is 0. The number of carbonyl (C=O) groups excluding carboxylic acids is 1. The Hall–Kier alpha value is -1.64. The van der Waals surface area contributed by atoms with E-state index in [0.717, 1.165) is 0 Å². The van der Waals surface area contributed by atoms with Gasteiger partial charge in [0.15, 0.2) is 0 Å². The van der Waals surface area contributed by atoms with Crippen LogP contribution in [0.1, 0.15) is 16.8 Å². The van der Waals surface area contributed by atoms with E-state index in [1.807, 2.05) is 0 Å². The van der Waals surface area contributed by atoms with E-state index in [9.17, 15) is 9.18 Å². The molecule has 0 N–H and O–H groups in total. The van der Waals surface area contributed by atoms with Crippen molar-refractivity contribution in [3.63, 3.8) is 0 Å². The summed E-state index contributed by atoms with van der Waals surface area (Å²) in [5.74, 6) is -0.878. The number of benzene rings is 1. The van der Waals surface area contributed by atoms with Gasteiger partial charge in [-0.2, -0.15) is 5.26 Å². The monoisotopic (exact) mass is 295 g/mol. The van der Waals surface area contributed by atoms with E-state index < -0.39 is 5.82 Å². The molecule has 0 aromatic heterocycles. The summed E-state index contributed by atoms with van der Waals surface area (Å²) >= 11 is 5.80. The molecule has 1 saturated heterocycles. The average molecular weight is 296 g/mol. The minimum Gasteiger partial charge on any atom is -0.336 e. The van der Waals surface area contributed by atoms with Gasteiger partial charge in [0.1, 0.15) is 5.82 Å². The molecule has 0 bridgehead atoms. The van der Waals surface area contributed by atoms with Crippen molar-refractivity contribution in [2.45, 2.75) is 6.42 Å². The number of nitrogens with zero attached hydrogens (tertiary/aromatic N) is 3. The third-order valence-corrected chi connectivity index (χ3v) is 3.59. The van der Waals surface area contributed by atoms with Gasteiger partial charge < -0.3 is 4.90 Å². The van der Waals surface area contributed by atoms with Crippen LogP contribution < -0.4 is 0 Å². The maximum absolute atomic E-state index is 13.7. The average Bonchev–Trinajstić information content (AvgIpc) is 2.47. The first-order valence-electron chi connectivity index (χ1n) is 6.45. The zero-order valence-electron chi connectivity index (χ0n) is 11.0. The molecule has 0 unspecified atom stereocenters. The van der Waals surface area contributed by atoms with E-state index in [1.54, 1.807) is 4.90 Å². The van der Waals surface area contributed by atoms with Crippen LogP contribution in [0.15, 0.2) is 18.2 Å². The van der Waals surface area contributed by atoms with Crippen molar-refractivity contribution in [2.24, 2.45) is 0 Å². The summed E-state index contributed by atoms with van der Waals surface area (Å²) in [5.41, 5.74) is 0.0166. The Morgan fingerprint density at radius 2 is 2.05 bits per heavy atom. The van der Waals surface area contributed by atoms with Gasteiger partial charge in [0.25, 0.3) is 5.91 Å². The zero-order valence-corrected chi connectivity index (χ0v) is 11.7. The quantitative estimate of drug-likeness (QED) is 0.858. The molecule has 1 aliphatic rings. The molecule has 6 heteroatoms. The Morgan fingerprint density at radius 3 is 2.70 bits per heavy atom. The Labute approximate surface area is 122 Å². The third-order valence-electron chi connectivity index (χ3n) is 3.36. The summed E-state index contributed by atoms with van der Waals surface area (Å²) in [7, 11) is 0. The van der Waals surface area contributed by atoms with Gasteiger partial charge in [-0.15, -0.1) is 0 Å². The van der Waals surface area contributed by atoms with Gasteiger partial charge >= 0.3 is 0 Å². The second-order valence-corrected chi connectivity index (χ2v) is 5.10. The van der Waals surface area contributed by atoms with Crippen LogP contribution >= 0.6 is 11.6 Å². The topological polar surface area (TPSA) is 47.3 Å². The fraction of sp³-hybridized carbons (Fsp3) is 0.429. The van der Waals surface area contributed by atoms with Gasteiger partial charge in [-0.05, 0) is 18.2 Å². The summed E-state index contributed by atoms with van der Waals surface area (Å²) < 4.78 is 13.7. The van der Waals surface area contributed by atoms with E-state index in [1.165, 1.54) is 18.2 Å². The molecular formula is C14H15ClFN3O. The molecule has 0 spiro atoms. The highest BCUT2D eigenvalue weighted by Crippen LogP contribution is 2.17. The molecule has 1 aromatic carbocycles. The standard InChI is InChI=1S/C14H15ClFN3O/c15-11-2-3-13(16)12(10-11)14(20)19-8-6-18(7-9-19)5-1-4-17/h2-3,10H,1,5-9H2. The van der Waals surface area contributed by atoms with Crippen LogP contribution in [0.4, 0.5) is 4.39 Å². The van der Waals surface area contributed by atoms with Crippen LogP contribution in [-0.4, -0.2) is 48.4 Å². The molecule has 106 valence electrons. The predicted octanol–water partition coefficient (Wildman–Crippen LogP) is 2.15. The number of carbonyl (C=O) groups is 1. The van der Waals surface area contributed by atoms with E-state index in [-0.39, 0.29) is 11.5 Å². The van der Waals surface area contributed by atoms with Crippen LogP contribution in [0.5, 0.6) is 0 Å². The molecule has 1 aliphatic heterocycles. The molecule has 2 rings (SSSR count). The summed E-state index contributed by atoms with van der Waals surface area (Å²) in [5, 5.41) is 8.90. The Morgan fingerprint density at radius 1 is 1.35 bits per heavy atom. The first kappa shape index (κ1) is 14.8. The number of halogens is 2. The van der Waals surface area contributed by atoms with Crippen LogP contribution in [0.25, 0.3) is 0 Å². The van der Waals surface area contributed by atoms with Gasteiger partial charge in [0.2, 0.25) is 0 Å². The number of piperazine rings is 1. The number of amides is 1. The first-order chi connectivity index (χ1) is 9.61. The molecule has 1 amide bonds. The summed E-state index contributed by atoms with van der Waals surface area (Å²) in [6, 6.07) is 6.10. The SMILES string of the molecule is N#CCCN1CCN(C(=O)c2cc(Cl)ccc2F)CC1. The van der Waals surface area contributed by atoms with Crippen LogP contribution in [0.2, 0.25) is 5.02 Å². The lowest BCUT2D eigenvalue weighted by atomic mass is 10.1. The lowest BCUT2D eigenvalue weighted by Gasteiger charge is -2.34. The van der Waals surface area contributed by atoms with E-state index in [0.29, 0.717) is 44.2 Å². The van der Waals surface area contributed by atoms with Crippen molar-refractivity contribution >= 4 is 17.5 Å². The van der Waals surface area contributed by atoms with E-state index >= 15 is 0 Å². The van der Waals surface area contributed by atoms with Gasteiger partial charge in [0, 0.05) is 44.2 Å². The number of hydrogen-bond acceptors (Lipinski definition) is 3. The molecule has 0 saturated carbocycles. The fourth-order valence-electron chi connectivity index (χ4n) is 2.21. The largest absolute Gasteiger partial charge is 0.336 e. The summed E-state index contributed by atoms with van der Waals surface area (Å²) in [4.78, 5) is 16.0. The minimum atomic E-state index is -0.550. The maximum atomic E-state index is 13.7. The Bertz CT molecular complexity index is 536. The summed E-state index contributed by atoms with van der Waals surface area (Å²) in [6.07, 6.45) is 0.483. The Balaban J connectivity index is 1.98. The molecule has 1 aromatic rings. The fourth-order valence-corrected chi connectivity index (χ4v) is 2.39. The molecular weight excluding hydrogens is 281 g/mol. The van der Waals surface area contributed by atoms with Crippen molar-refractivity contribution in [1.82, 2.24) is 9.80 Å². The Kier molecular flexibility index (Phi) is 4.94. The van der Waals surface area contributed by atoms with Crippen molar-refractivity contribution in [3.05, 3.63) is 34.6 Å². The summed E-state index contributed by atoms with van der Waals surface area (Å²) in [6.45, 7) is 3.20. The van der Waals surface area contributed by atoms with Gasteiger partial charge in [0.05, 0.1) is 11.6 Å². The van der Waals surface area contributed by atoms with E-state index in [4.69, 9.17) is 16.9 Å². The highest BCUT2D eigenvalue weighted by atomic mass is 35.5. The first-order valence-corrected chi connectivity index (χ1v) is 6.83. The third kappa shape index (κ3) is 3.47. The second kappa shape index (κ2) is 6.69. The van der Waals surface area contributed by atoms with Crippen molar-refractivity contribution < 1.29 is 9.18 Å². The van der Waals surface area contributed by atoms with Gasteiger partial charge in [-0.3, -0.25) is 9.69 Å². The predicted molar refractivity (Wildman–Crippen MR) is 74.0 cm³/mol. The lowest BCUT2D eigenvalue weighted by molar-refractivity contribution is 0.0635. The smallest absolute Gasteiger partial charge is 0.256 e. The molecule has 0 atom stereocenters. The number of rotatable bonds is 3. The molecule has 1 heterocycles. The minimum absolute atomic E-state index is 0.0166. The molecule has 20 heavy (non-hydrogen) atoms. The van der Waals surface area contributed by atoms with Crippen molar-refractivity contribution in [1.29, 1.82) is 5.26 Å². The van der Waals surface area contributed by atoms with Gasteiger partial charge in [-0.1, -0.05) is 11.6 Å². The molecule has 4 nitrogen and oxygen atoms in total. The number of nitriles is 1. The van der Waals surface area contributed by atoms with Crippen LogP contribution in [0.3, 0.4) is 0 Å².